The Morgan fingerprint density at radius 3 is 3.04 bits per heavy atom. The molecule has 2 heterocycles. The molecule has 1 aromatic carbocycles. The van der Waals surface area contributed by atoms with Gasteiger partial charge in [0.1, 0.15) is 5.75 Å². The highest BCUT2D eigenvalue weighted by Gasteiger charge is 2.14. The molecule has 6 nitrogen and oxygen atoms in total. The monoisotopic (exact) mass is 315 g/mol. The molecule has 23 heavy (non-hydrogen) atoms. The average Bonchev–Trinajstić information content (AvgIpc) is 2.98. The number of fused-ring (bicyclic) bond motifs is 1. The molecule has 6 heteroatoms. The molecule has 0 spiro atoms. The third-order valence-electron chi connectivity index (χ3n) is 3.99. The zero-order valence-electron chi connectivity index (χ0n) is 13.5. The first-order chi connectivity index (χ1) is 11.1. The van der Waals surface area contributed by atoms with Crippen molar-refractivity contribution in [1.29, 1.82) is 0 Å². The van der Waals surface area contributed by atoms with Crippen LogP contribution in [-0.4, -0.2) is 41.1 Å². The van der Waals surface area contributed by atoms with Crippen molar-refractivity contribution in [2.45, 2.75) is 32.6 Å². The van der Waals surface area contributed by atoms with Crippen LogP contribution >= 0.6 is 0 Å². The fourth-order valence-corrected chi connectivity index (χ4v) is 2.67. The lowest BCUT2D eigenvalue weighted by Gasteiger charge is -2.19. The number of aryl methyl sites for hydroxylation is 2. The van der Waals surface area contributed by atoms with Crippen LogP contribution in [0.25, 0.3) is 0 Å². The number of hydrogen-bond donors (Lipinski definition) is 0. The van der Waals surface area contributed by atoms with Gasteiger partial charge in [0.25, 0.3) is 0 Å². The first-order valence-electron chi connectivity index (χ1n) is 7.89. The molecule has 0 bridgehead atoms. The molecule has 0 saturated heterocycles. The Morgan fingerprint density at radius 1 is 1.39 bits per heavy atom. The SMILES string of the molecule is Cc1nc(CCN(C)C(=O)Cc2ccc3c(c2)CCCO3)no1. The van der Waals surface area contributed by atoms with E-state index in [2.05, 4.69) is 16.2 Å². The van der Waals surface area contributed by atoms with Gasteiger partial charge in [-0.1, -0.05) is 17.3 Å². The summed E-state index contributed by atoms with van der Waals surface area (Å²) in [6.07, 6.45) is 3.05. The molecule has 1 aliphatic heterocycles. The van der Waals surface area contributed by atoms with E-state index in [1.807, 2.05) is 12.1 Å². The molecule has 0 aliphatic carbocycles. The lowest BCUT2D eigenvalue weighted by Crippen LogP contribution is -2.30. The number of aromatic nitrogens is 2. The highest BCUT2D eigenvalue weighted by Crippen LogP contribution is 2.25. The average molecular weight is 315 g/mol. The van der Waals surface area contributed by atoms with E-state index in [0.717, 1.165) is 30.8 Å². The molecule has 1 aromatic heterocycles. The van der Waals surface area contributed by atoms with Gasteiger partial charge in [-0.3, -0.25) is 4.79 Å². The number of likely N-dealkylation sites (N-methyl/N-ethyl adjacent to an activating group) is 1. The van der Waals surface area contributed by atoms with Gasteiger partial charge in [0, 0.05) is 26.9 Å². The Hall–Kier alpha value is -2.37. The third-order valence-corrected chi connectivity index (χ3v) is 3.99. The molecule has 0 radical (unpaired) electrons. The Labute approximate surface area is 135 Å². The van der Waals surface area contributed by atoms with E-state index in [9.17, 15) is 4.79 Å². The van der Waals surface area contributed by atoms with Gasteiger partial charge < -0.3 is 14.2 Å². The van der Waals surface area contributed by atoms with Crippen molar-refractivity contribution < 1.29 is 14.1 Å². The van der Waals surface area contributed by atoms with Crippen molar-refractivity contribution >= 4 is 5.91 Å². The zero-order chi connectivity index (χ0) is 16.2. The predicted molar refractivity (Wildman–Crippen MR) is 84.3 cm³/mol. The standard InChI is InChI=1S/C17H21N3O3/c1-12-18-16(19-23-12)7-8-20(2)17(21)11-13-5-6-15-14(10-13)4-3-9-22-15/h5-6,10H,3-4,7-9,11H2,1-2H3. The van der Waals surface area contributed by atoms with Gasteiger partial charge in [0.15, 0.2) is 5.82 Å². The number of amides is 1. The van der Waals surface area contributed by atoms with Crippen LogP contribution in [-0.2, 0) is 24.1 Å². The van der Waals surface area contributed by atoms with Gasteiger partial charge in [-0.05, 0) is 30.0 Å². The minimum Gasteiger partial charge on any atom is -0.493 e. The summed E-state index contributed by atoms with van der Waals surface area (Å²) in [5, 5.41) is 3.84. The summed E-state index contributed by atoms with van der Waals surface area (Å²) in [6, 6.07) is 6.03. The Balaban J connectivity index is 1.55. The maximum absolute atomic E-state index is 12.3. The molecule has 1 amide bonds. The van der Waals surface area contributed by atoms with Crippen LogP contribution in [0.2, 0.25) is 0 Å². The van der Waals surface area contributed by atoms with E-state index < -0.39 is 0 Å². The number of hydrogen-bond acceptors (Lipinski definition) is 5. The number of ether oxygens (including phenoxy) is 1. The van der Waals surface area contributed by atoms with Crippen molar-refractivity contribution in [1.82, 2.24) is 15.0 Å². The maximum atomic E-state index is 12.3. The van der Waals surface area contributed by atoms with Crippen molar-refractivity contribution in [3.63, 3.8) is 0 Å². The molecule has 1 aliphatic rings. The number of carbonyl (C=O) groups excluding carboxylic acids is 1. The first-order valence-corrected chi connectivity index (χ1v) is 7.89. The smallest absolute Gasteiger partial charge is 0.226 e. The van der Waals surface area contributed by atoms with Gasteiger partial charge in [-0.2, -0.15) is 4.98 Å². The molecule has 0 fully saturated rings. The van der Waals surface area contributed by atoms with E-state index >= 15 is 0 Å². The zero-order valence-corrected chi connectivity index (χ0v) is 13.5. The summed E-state index contributed by atoms with van der Waals surface area (Å²) in [4.78, 5) is 18.2. The Bertz CT molecular complexity index is 696. The molecular weight excluding hydrogens is 294 g/mol. The van der Waals surface area contributed by atoms with Gasteiger partial charge in [0.2, 0.25) is 11.8 Å². The van der Waals surface area contributed by atoms with Crippen LogP contribution in [0.3, 0.4) is 0 Å². The molecule has 0 unspecified atom stereocenters. The van der Waals surface area contributed by atoms with Crippen molar-refractivity contribution in [3.05, 3.63) is 41.0 Å². The van der Waals surface area contributed by atoms with Gasteiger partial charge in [-0.15, -0.1) is 0 Å². The van der Waals surface area contributed by atoms with E-state index in [-0.39, 0.29) is 5.91 Å². The quantitative estimate of drug-likeness (QED) is 0.843. The number of benzene rings is 1. The van der Waals surface area contributed by atoms with E-state index in [1.165, 1.54) is 5.56 Å². The molecule has 0 saturated carbocycles. The number of carbonyl (C=O) groups is 1. The van der Waals surface area contributed by atoms with E-state index in [4.69, 9.17) is 9.26 Å². The Kier molecular flexibility index (Phi) is 4.60. The fraction of sp³-hybridized carbons (Fsp3) is 0.471. The van der Waals surface area contributed by atoms with Crippen molar-refractivity contribution in [3.8, 4) is 5.75 Å². The predicted octanol–water partition coefficient (Wildman–Crippen LogP) is 1.95. The Morgan fingerprint density at radius 2 is 2.26 bits per heavy atom. The number of nitrogens with zero attached hydrogens (tertiary/aromatic N) is 3. The van der Waals surface area contributed by atoms with Crippen LogP contribution < -0.4 is 4.74 Å². The lowest BCUT2D eigenvalue weighted by molar-refractivity contribution is -0.129. The molecule has 2 aromatic rings. The van der Waals surface area contributed by atoms with Crippen LogP contribution in [0.4, 0.5) is 0 Å². The summed E-state index contributed by atoms with van der Waals surface area (Å²) in [5.74, 6) is 2.22. The second-order valence-corrected chi connectivity index (χ2v) is 5.87. The second-order valence-electron chi connectivity index (χ2n) is 5.87. The third kappa shape index (κ3) is 3.88. The molecule has 122 valence electrons. The summed E-state index contributed by atoms with van der Waals surface area (Å²) >= 11 is 0. The summed E-state index contributed by atoms with van der Waals surface area (Å²) in [6.45, 7) is 3.11. The lowest BCUT2D eigenvalue weighted by atomic mass is 10.0. The summed E-state index contributed by atoms with van der Waals surface area (Å²) < 4.78 is 10.5. The summed E-state index contributed by atoms with van der Waals surface area (Å²) in [5.41, 5.74) is 2.23. The highest BCUT2D eigenvalue weighted by molar-refractivity contribution is 5.78. The van der Waals surface area contributed by atoms with Gasteiger partial charge in [0.05, 0.1) is 13.0 Å². The van der Waals surface area contributed by atoms with Crippen LogP contribution in [0, 0.1) is 6.92 Å². The minimum absolute atomic E-state index is 0.0851. The van der Waals surface area contributed by atoms with Gasteiger partial charge in [-0.25, -0.2) is 0 Å². The fourth-order valence-electron chi connectivity index (χ4n) is 2.67. The normalized spacial score (nSPS) is 13.3. The molecule has 0 atom stereocenters. The van der Waals surface area contributed by atoms with E-state index in [0.29, 0.717) is 31.1 Å². The van der Waals surface area contributed by atoms with Crippen LogP contribution in [0.5, 0.6) is 5.75 Å². The van der Waals surface area contributed by atoms with Crippen molar-refractivity contribution in [2.75, 3.05) is 20.2 Å². The first kappa shape index (κ1) is 15.5. The number of rotatable bonds is 5. The van der Waals surface area contributed by atoms with Gasteiger partial charge >= 0.3 is 0 Å². The highest BCUT2D eigenvalue weighted by atomic mass is 16.5. The van der Waals surface area contributed by atoms with Crippen LogP contribution in [0.1, 0.15) is 29.3 Å². The summed E-state index contributed by atoms with van der Waals surface area (Å²) in [7, 11) is 1.80. The molecule has 3 rings (SSSR count). The van der Waals surface area contributed by atoms with E-state index in [1.54, 1.807) is 18.9 Å². The second kappa shape index (κ2) is 6.81. The largest absolute Gasteiger partial charge is 0.493 e. The molecular formula is C17H21N3O3. The topological polar surface area (TPSA) is 68.5 Å². The van der Waals surface area contributed by atoms with Crippen LogP contribution in [0.15, 0.2) is 22.7 Å². The minimum atomic E-state index is 0.0851. The maximum Gasteiger partial charge on any atom is 0.226 e. The molecule has 0 N–H and O–H groups in total. The van der Waals surface area contributed by atoms with Crippen molar-refractivity contribution in [2.24, 2.45) is 0 Å².